The summed E-state index contributed by atoms with van der Waals surface area (Å²) in [6.45, 7) is 5.28. The number of hydrogen-bond acceptors (Lipinski definition) is 3. The minimum absolute atomic E-state index is 0.0753. The Kier molecular flexibility index (Phi) is 3.35. The Morgan fingerprint density at radius 2 is 2.19 bits per heavy atom. The van der Waals surface area contributed by atoms with Crippen LogP contribution in [0.25, 0.3) is 0 Å². The van der Waals surface area contributed by atoms with Gasteiger partial charge in [-0.05, 0) is 29.3 Å². The molecule has 3 rings (SSSR count). The summed E-state index contributed by atoms with van der Waals surface area (Å²) in [4.78, 5) is 4.61. The Hall–Kier alpha value is -2.05. The smallest absolute Gasteiger partial charge is 0.0995 e. The van der Waals surface area contributed by atoms with Gasteiger partial charge in [-0.1, -0.05) is 31.5 Å². The molecule has 2 heterocycles. The van der Waals surface area contributed by atoms with Crippen molar-refractivity contribution in [2.45, 2.75) is 25.7 Å². The van der Waals surface area contributed by atoms with Crippen LogP contribution in [0.3, 0.4) is 0 Å². The van der Waals surface area contributed by atoms with Crippen molar-refractivity contribution in [1.29, 1.82) is 5.26 Å². The minimum Gasteiger partial charge on any atom is -0.383 e. The van der Waals surface area contributed by atoms with Crippen molar-refractivity contribution in [1.82, 2.24) is 4.98 Å². The van der Waals surface area contributed by atoms with Crippen molar-refractivity contribution in [3.8, 4) is 6.07 Å². The molecule has 1 aromatic heterocycles. The predicted octanol–water partition coefficient (Wildman–Crippen LogP) is 3.90. The molecule has 0 amide bonds. The number of rotatable bonds is 2. The average molecular weight is 298 g/mol. The maximum atomic E-state index is 9.21. The summed E-state index contributed by atoms with van der Waals surface area (Å²) in [5, 5.41) is 13.2. The zero-order chi connectivity index (χ0) is 15.0. The van der Waals surface area contributed by atoms with Crippen molar-refractivity contribution < 1.29 is 0 Å². The van der Waals surface area contributed by atoms with Gasteiger partial charge in [0.05, 0.1) is 23.0 Å². The van der Waals surface area contributed by atoms with E-state index in [0.29, 0.717) is 17.0 Å². The van der Waals surface area contributed by atoms with Gasteiger partial charge in [0.1, 0.15) is 0 Å². The van der Waals surface area contributed by atoms with Crippen molar-refractivity contribution in [3.05, 3.63) is 57.9 Å². The second-order valence-electron chi connectivity index (χ2n) is 6.07. The number of pyridine rings is 1. The van der Waals surface area contributed by atoms with Crippen molar-refractivity contribution in [2.75, 3.05) is 11.9 Å². The van der Waals surface area contributed by atoms with E-state index < -0.39 is 0 Å². The summed E-state index contributed by atoms with van der Waals surface area (Å²) < 4.78 is 0. The molecule has 1 aromatic carbocycles. The molecule has 3 nitrogen and oxygen atoms in total. The van der Waals surface area contributed by atoms with Crippen molar-refractivity contribution >= 4 is 17.3 Å². The van der Waals surface area contributed by atoms with E-state index in [1.807, 2.05) is 18.3 Å². The number of nitrogens with zero attached hydrogens (tertiary/aromatic N) is 2. The number of nitriles is 1. The molecule has 0 fully saturated rings. The largest absolute Gasteiger partial charge is 0.383 e. The Bertz CT molecular complexity index is 744. The Labute approximate surface area is 129 Å². The van der Waals surface area contributed by atoms with E-state index in [-0.39, 0.29) is 5.41 Å². The number of aromatic nitrogens is 1. The molecule has 1 N–H and O–H groups in total. The van der Waals surface area contributed by atoms with Crippen molar-refractivity contribution in [2.24, 2.45) is 0 Å². The van der Waals surface area contributed by atoms with Crippen LogP contribution in [0, 0.1) is 11.3 Å². The van der Waals surface area contributed by atoms with Gasteiger partial charge >= 0.3 is 0 Å². The third-order valence-corrected chi connectivity index (χ3v) is 4.13. The molecule has 0 aliphatic carbocycles. The quantitative estimate of drug-likeness (QED) is 0.914. The highest BCUT2D eigenvalue weighted by Crippen LogP contribution is 2.35. The second-order valence-corrected chi connectivity index (χ2v) is 6.50. The fourth-order valence-corrected chi connectivity index (χ4v) is 2.88. The molecule has 21 heavy (non-hydrogen) atoms. The van der Waals surface area contributed by atoms with Crippen LogP contribution >= 0.6 is 11.6 Å². The van der Waals surface area contributed by atoms with Crippen LogP contribution in [0.1, 0.15) is 36.2 Å². The molecule has 1 aliphatic heterocycles. The number of anilines is 1. The Balaban J connectivity index is 1.92. The molecule has 0 atom stereocenters. The van der Waals surface area contributed by atoms with Crippen LogP contribution in [-0.2, 0) is 11.8 Å². The highest BCUT2D eigenvalue weighted by Gasteiger charge is 2.31. The third kappa shape index (κ3) is 2.59. The first-order valence-electron chi connectivity index (χ1n) is 6.91. The summed E-state index contributed by atoms with van der Waals surface area (Å²) in [7, 11) is 0. The van der Waals surface area contributed by atoms with Gasteiger partial charge in [-0.25, -0.2) is 0 Å². The van der Waals surface area contributed by atoms with Gasteiger partial charge in [0.25, 0.3) is 0 Å². The topological polar surface area (TPSA) is 48.7 Å². The van der Waals surface area contributed by atoms with Crippen LogP contribution in [0.4, 0.5) is 5.69 Å². The van der Waals surface area contributed by atoms with Crippen LogP contribution in [0.5, 0.6) is 0 Å². The minimum atomic E-state index is 0.0753. The number of fused-ring (bicyclic) bond motifs is 1. The van der Waals surface area contributed by atoms with E-state index >= 15 is 0 Å². The van der Waals surface area contributed by atoms with E-state index in [2.05, 4.69) is 36.3 Å². The van der Waals surface area contributed by atoms with E-state index in [0.717, 1.165) is 29.1 Å². The summed E-state index contributed by atoms with van der Waals surface area (Å²) in [5.74, 6) is 0. The summed E-state index contributed by atoms with van der Waals surface area (Å²) in [6, 6.07) is 9.77. The second kappa shape index (κ2) is 5.05. The fraction of sp³-hybridized carbons (Fsp3) is 0.294. The lowest BCUT2D eigenvalue weighted by Crippen LogP contribution is -2.20. The number of nitrogens with one attached hydrogen (secondary N) is 1. The first-order valence-corrected chi connectivity index (χ1v) is 7.29. The molecular formula is C17H16ClN3. The van der Waals surface area contributed by atoms with E-state index in [1.165, 1.54) is 0 Å². The molecule has 0 spiro atoms. The highest BCUT2D eigenvalue weighted by molar-refractivity contribution is 6.30. The van der Waals surface area contributed by atoms with Crippen LogP contribution in [0.15, 0.2) is 30.5 Å². The van der Waals surface area contributed by atoms with Crippen LogP contribution < -0.4 is 5.32 Å². The molecule has 0 bridgehead atoms. The maximum Gasteiger partial charge on any atom is 0.0995 e. The molecule has 106 valence electrons. The van der Waals surface area contributed by atoms with Gasteiger partial charge < -0.3 is 5.32 Å². The Morgan fingerprint density at radius 3 is 2.95 bits per heavy atom. The van der Waals surface area contributed by atoms with Gasteiger partial charge in [-0.2, -0.15) is 5.26 Å². The van der Waals surface area contributed by atoms with Gasteiger partial charge in [0.15, 0.2) is 0 Å². The van der Waals surface area contributed by atoms with E-state index in [1.54, 1.807) is 6.07 Å². The summed E-state index contributed by atoms with van der Waals surface area (Å²) in [5.41, 5.74) is 4.98. The zero-order valence-electron chi connectivity index (χ0n) is 12.1. The SMILES string of the molecule is CC1(C)CNc2cc(Cc3ccc(Cl)cc3C#N)cnc21. The average Bonchev–Trinajstić information content (AvgIpc) is 2.76. The summed E-state index contributed by atoms with van der Waals surface area (Å²) >= 11 is 5.93. The lowest BCUT2D eigenvalue weighted by molar-refractivity contribution is 0.568. The Morgan fingerprint density at radius 1 is 1.38 bits per heavy atom. The first kappa shape index (κ1) is 13.9. The van der Waals surface area contributed by atoms with Crippen molar-refractivity contribution in [3.63, 3.8) is 0 Å². The number of halogens is 1. The van der Waals surface area contributed by atoms with Gasteiger partial charge in [-0.15, -0.1) is 0 Å². The molecular weight excluding hydrogens is 282 g/mol. The molecule has 4 heteroatoms. The fourth-order valence-electron chi connectivity index (χ4n) is 2.71. The highest BCUT2D eigenvalue weighted by atomic mass is 35.5. The molecule has 0 unspecified atom stereocenters. The molecule has 0 radical (unpaired) electrons. The standard InChI is InChI=1S/C17H16ClN3/c1-17(2)10-21-15-6-11(9-20-16(15)17)5-12-3-4-14(18)7-13(12)8-19/h3-4,6-7,9,21H,5,10H2,1-2H3. The lowest BCUT2D eigenvalue weighted by atomic mass is 9.91. The summed E-state index contributed by atoms with van der Waals surface area (Å²) in [6.07, 6.45) is 2.59. The van der Waals surface area contributed by atoms with Gasteiger partial charge in [0, 0.05) is 29.6 Å². The first-order chi connectivity index (χ1) is 9.99. The number of benzene rings is 1. The molecule has 2 aromatic rings. The molecule has 0 saturated heterocycles. The lowest BCUT2D eigenvalue weighted by Gasteiger charge is -2.15. The van der Waals surface area contributed by atoms with Crippen LogP contribution in [-0.4, -0.2) is 11.5 Å². The third-order valence-electron chi connectivity index (χ3n) is 3.89. The maximum absolute atomic E-state index is 9.21. The normalized spacial score (nSPS) is 15.1. The molecule has 1 aliphatic rings. The number of hydrogen-bond donors (Lipinski definition) is 1. The zero-order valence-corrected chi connectivity index (χ0v) is 12.8. The van der Waals surface area contributed by atoms with Gasteiger partial charge in [0.2, 0.25) is 0 Å². The predicted molar refractivity (Wildman–Crippen MR) is 84.7 cm³/mol. The monoisotopic (exact) mass is 297 g/mol. The van der Waals surface area contributed by atoms with E-state index in [9.17, 15) is 5.26 Å². The van der Waals surface area contributed by atoms with Gasteiger partial charge in [-0.3, -0.25) is 4.98 Å². The molecule has 0 saturated carbocycles. The van der Waals surface area contributed by atoms with Crippen LogP contribution in [0.2, 0.25) is 5.02 Å². The van der Waals surface area contributed by atoms with E-state index in [4.69, 9.17) is 11.6 Å².